The highest BCUT2D eigenvalue weighted by atomic mass is 19.3. The van der Waals surface area contributed by atoms with Crippen molar-refractivity contribution < 1.29 is 18.3 Å². The van der Waals surface area contributed by atoms with Crippen molar-refractivity contribution in [2.24, 2.45) is 0 Å². The van der Waals surface area contributed by atoms with Crippen LogP contribution in [0.15, 0.2) is 12.1 Å². The third-order valence-electron chi connectivity index (χ3n) is 2.58. The molecule has 96 valence electrons. The molecule has 1 aromatic carbocycles. The maximum atomic E-state index is 13.4. The number of rotatable bonds is 4. The molecule has 0 aliphatic rings. The highest BCUT2D eigenvalue weighted by Crippen LogP contribution is 2.28. The number of aliphatic hydroxyl groups is 1. The molecule has 0 radical (unpaired) electrons. The number of benzene rings is 1. The Hall–Kier alpha value is -1.23. The van der Waals surface area contributed by atoms with E-state index in [9.17, 15) is 18.3 Å². The lowest BCUT2D eigenvalue weighted by molar-refractivity contribution is 0.156. The van der Waals surface area contributed by atoms with Crippen molar-refractivity contribution >= 4 is 5.69 Å². The molecule has 0 unspecified atom stereocenters. The molecule has 1 N–H and O–H groups in total. The number of hydrogen-bond donors (Lipinski definition) is 1. The minimum Gasteiger partial charge on any atom is -0.389 e. The molecule has 0 aromatic heterocycles. The largest absolute Gasteiger partial charge is 0.389 e. The van der Waals surface area contributed by atoms with Crippen molar-refractivity contribution in [1.82, 2.24) is 0 Å². The lowest BCUT2D eigenvalue weighted by Crippen LogP contribution is -2.25. The van der Waals surface area contributed by atoms with Gasteiger partial charge in [0.05, 0.1) is 12.6 Å². The Morgan fingerprint density at radius 2 is 1.94 bits per heavy atom. The maximum Gasteiger partial charge on any atom is 0.255 e. The van der Waals surface area contributed by atoms with E-state index in [0.717, 1.165) is 0 Å². The standard InChI is InChI=1S/C12H16F3NO/c1-7-4-11(16(3)6-12(14)15)9(8(2)17)5-10(7)13/h4-5,8,12,17H,6H2,1-3H3/t8-/m1/s1. The zero-order valence-corrected chi connectivity index (χ0v) is 10.0. The van der Waals surface area contributed by atoms with Crippen LogP contribution in [-0.4, -0.2) is 25.1 Å². The number of aliphatic hydroxyl groups excluding tert-OH is 1. The first kappa shape index (κ1) is 13.8. The Morgan fingerprint density at radius 1 is 1.35 bits per heavy atom. The Balaban J connectivity index is 3.16. The summed E-state index contributed by atoms with van der Waals surface area (Å²) in [6.07, 6.45) is -3.38. The van der Waals surface area contributed by atoms with Gasteiger partial charge in [-0.05, 0) is 31.5 Å². The highest BCUT2D eigenvalue weighted by molar-refractivity contribution is 5.56. The van der Waals surface area contributed by atoms with Crippen LogP contribution in [0.3, 0.4) is 0 Å². The molecule has 0 aliphatic heterocycles. The normalized spacial score (nSPS) is 12.9. The van der Waals surface area contributed by atoms with Crippen LogP contribution < -0.4 is 4.90 Å². The van der Waals surface area contributed by atoms with E-state index in [-0.39, 0.29) is 0 Å². The molecule has 17 heavy (non-hydrogen) atoms. The fourth-order valence-electron chi connectivity index (χ4n) is 1.65. The fraction of sp³-hybridized carbons (Fsp3) is 0.500. The number of nitrogens with zero attached hydrogens (tertiary/aromatic N) is 1. The van der Waals surface area contributed by atoms with Crippen LogP contribution in [0.2, 0.25) is 0 Å². The Bertz CT molecular complexity index is 394. The molecule has 1 rings (SSSR count). The van der Waals surface area contributed by atoms with Crippen LogP contribution >= 0.6 is 0 Å². The Labute approximate surface area is 98.7 Å². The molecule has 0 heterocycles. The molecular formula is C12H16F3NO. The number of alkyl halides is 2. The average Bonchev–Trinajstić information content (AvgIpc) is 2.19. The predicted molar refractivity (Wildman–Crippen MR) is 61.0 cm³/mol. The summed E-state index contributed by atoms with van der Waals surface area (Å²) in [4.78, 5) is 1.32. The van der Waals surface area contributed by atoms with E-state index >= 15 is 0 Å². The second kappa shape index (κ2) is 5.40. The van der Waals surface area contributed by atoms with E-state index in [0.29, 0.717) is 16.8 Å². The Morgan fingerprint density at radius 3 is 2.41 bits per heavy atom. The van der Waals surface area contributed by atoms with Crippen LogP contribution in [-0.2, 0) is 0 Å². The summed E-state index contributed by atoms with van der Waals surface area (Å²) in [6.45, 7) is 2.58. The zero-order valence-electron chi connectivity index (χ0n) is 10.0. The fourth-order valence-corrected chi connectivity index (χ4v) is 1.65. The van der Waals surface area contributed by atoms with E-state index in [1.807, 2.05) is 0 Å². The maximum absolute atomic E-state index is 13.4. The van der Waals surface area contributed by atoms with Crippen molar-refractivity contribution in [3.63, 3.8) is 0 Å². The van der Waals surface area contributed by atoms with E-state index in [1.165, 1.54) is 31.0 Å². The van der Waals surface area contributed by atoms with Gasteiger partial charge >= 0.3 is 0 Å². The van der Waals surface area contributed by atoms with Crippen molar-refractivity contribution in [1.29, 1.82) is 0 Å². The molecular weight excluding hydrogens is 231 g/mol. The van der Waals surface area contributed by atoms with Crippen molar-refractivity contribution in [2.75, 3.05) is 18.5 Å². The molecule has 0 saturated heterocycles. The second-order valence-corrected chi connectivity index (χ2v) is 4.11. The van der Waals surface area contributed by atoms with Crippen molar-refractivity contribution in [3.05, 3.63) is 29.1 Å². The summed E-state index contributed by atoms with van der Waals surface area (Å²) >= 11 is 0. The second-order valence-electron chi connectivity index (χ2n) is 4.11. The first-order valence-electron chi connectivity index (χ1n) is 5.30. The van der Waals surface area contributed by atoms with E-state index in [2.05, 4.69) is 0 Å². The summed E-state index contributed by atoms with van der Waals surface area (Å²) in [6, 6.07) is 2.66. The molecule has 0 saturated carbocycles. The summed E-state index contributed by atoms with van der Waals surface area (Å²) in [5.41, 5.74) is 1.11. The van der Waals surface area contributed by atoms with Crippen LogP contribution in [0.5, 0.6) is 0 Å². The minimum atomic E-state index is -2.48. The van der Waals surface area contributed by atoms with Crippen molar-refractivity contribution in [3.8, 4) is 0 Å². The Kier molecular flexibility index (Phi) is 4.40. The SMILES string of the molecule is Cc1cc(N(C)CC(F)F)c([C@@H](C)O)cc1F. The predicted octanol–water partition coefficient (Wildman–Crippen LogP) is 2.89. The van der Waals surface area contributed by atoms with Crippen LogP contribution in [0, 0.1) is 12.7 Å². The van der Waals surface area contributed by atoms with Gasteiger partial charge in [-0.1, -0.05) is 0 Å². The molecule has 0 aliphatic carbocycles. The van der Waals surface area contributed by atoms with E-state index in [1.54, 1.807) is 6.92 Å². The molecule has 0 bridgehead atoms. The summed E-state index contributed by atoms with van der Waals surface area (Å²) < 4.78 is 38.0. The van der Waals surface area contributed by atoms with Crippen LogP contribution in [0.25, 0.3) is 0 Å². The quantitative estimate of drug-likeness (QED) is 0.884. The first-order chi connectivity index (χ1) is 7.82. The van der Waals surface area contributed by atoms with Crippen LogP contribution in [0.1, 0.15) is 24.2 Å². The third-order valence-corrected chi connectivity index (χ3v) is 2.58. The lowest BCUT2D eigenvalue weighted by Gasteiger charge is -2.24. The smallest absolute Gasteiger partial charge is 0.255 e. The topological polar surface area (TPSA) is 23.5 Å². The zero-order chi connectivity index (χ0) is 13.2. The van der Waals surface area contributed by atoms with Gasteiger partial charge in [-0.3, -0.25) is 0 Å². The molecule has 0 spiro atoms. The third kappa shape index (κ3) is 3.36. The molecule has 1 atom stereocenters. The molecule has 5 heteroatoms. The number of aryl methyl sites for hydroxylation is 1. The highest BCUT2D eigenvalue weighted by Gasteiger charge is 2.17. The average molecular weight is 247 g/mol. The minimum absolute atomic E-state index is 0.316. The summed E-state index contributed by atoms with van der Waals surface area (Å²) in [5, 5.41) is 9.52. The number of hydrogen-bond acceptors (Lipinski definition) is 2. The van der Waals surface area contributed by atoms with Gasteiger partial charge in [0.25, 0.3) is 6.43 Å². The number of anilines is 1. The van der Waals surface area contributed by atoms with E-state index in [4.69, 9.17) is 0 Å². The molecule has 2 nitrogen and oxygen atoms in total. The van der Waals surface area contributed by atoms with E-state index < -0.39 is 24.9 Å². The molecule has 0 amide bonds. The van der Waals surface area contributed by atoms with Gasteiger partial charge in [-0.15, -0.1) is 0 Å². The first-order valence-corrected chi connectivity index (χ1v) is 5.30. The monoisotopic (exact) mass is 247 g/mol. The van der Waals surface area contributed by atoms with Gasteiger partial charge in [0, 0.05) is 18.3 Å². The van der Waals surface area contributed by atoms with Gasteiger partial charge in [0.1, 0.15) is 5.82 Å². The summed E-state index contributed by atoms with van der Waals surface area (Å²) in [7, 11) is 1.49. The molecule has 1 aromatic rings. The van der Waals surface area contributed by atoms with Gasteiger partial charge < -0.3 is 10.0 Å². The van der Waals surface area contributed by atoms with Gasteiger partial charge in [0.2, 0.25) is 0 Å². The number of halogens is 3. The van der Waals surface area contributed by atoms with Crippen molar-refractivity contribution in [2.45, 2.75) is 26.4 Å². The van der Waals surface area contributed by atoms with Crippen LogP contribution in [0.4, 0.5) is 18.9 Å². The lowest BCUT2D eigenvalue weighted by atomic mass is 10.0. The van der Waals surface area contributed by atoms with Gasteiger partial charge in [-0.2, -0.15) is 0 Å². The molecule has 0 fully saturated rings. The van der Waals surface area contributed by atoms with Gasteiger partial charge in [0.15, 0.2) is 0 Å². The summed E-state index contributed by atoms with van der Waals surface area (Å²) in [5.74, 6) is -0.449. The van der Waals surface area contributed by atoms with Gasteiger partial charge in [-0.25, -0.2) is 13.2 Å².